The van der Waals surface area contributed by atoms with E-state index in [2.05, 4.69) is 10.4 Å². The highest BCUT2D eigenvalue weighted by Gasteiger charge is 2.28. The van der Waals surface area contributed by atoms with Gasteiger partial charge in [0.25, 0.3) is 0 Å². The summed E-state index contributed by atoms with van der Waals surface area (Å²) in [7, 11) is 0. The lowest BCUT2D eigenvalue weighted by Gasteiger charge is -2.11. The lowest BCUT2D eigenvalue weighted by molar-refractivity contribution is -0.121. The van der Waals surface area contributed by atoms with Gasteiger partial charge < -0.3 is 11.1 Å². The van der Waals surface area contributed by atoms with Crippen molar-refractivity contribution >= 4 is 29.9 Å². The minimum Gasteiger partial charge on any atom is -0.354 e. The Morgan fingerprint density at radius 2 is 2.39 bits per heavy atom. The summed E-state index contributed by atoms with van der Waals surface area (Å²) < 4.78 is 1.66. The fourth-order valence-corrected chi connectivity index (χ4v) is 1.84. The van der Waals surface area contributed by atoms with E-state index in [1.807, 2.05) is 0 Å². The lowest BCUT2D eigenvalue weighted by Crippen LogP contribution is -2.38. The van der Waals surface area contributed by atoms with E-state index in [0.717, 1.165) is 0 Å². The number of carbonyl (C=O) groups is 1. The predicted octanol–water partition coefficient (Wildman–Crippen LogP) is 1.20. The highest BCUT2D eigenvalue weighted by molar-refractivity contribution is 6.30. The number of nitrogens with zero attached hydrogens (tertiary/aromatic N) is 2. The first-order valence-electron chi connectivity index (χ1n) is 5.85. The molecule has 0 aliphatic heterocycles. The first kappa shape index (κ1) is 15.3. The van der Waals surface area contributed by atoms with Crippen molar-refractivity contribution in [2.24, 2.45) is 11.7 Å². The number of aromatic nitrogens is 2. The Morgan fingerprint density at radius 1 is 1.67 bits per heavy atom. The molecule has 1 aliphatic carbocycles. The van der Waals surface area contributed by atoms with Gasteiger partial charge in [-0.3, -0.25) is 9.48 Å². The van der Waals surface area contributed by atoms with Gasteiger partial charge in [0.05, 0.1) is 11.2 Å². The van der Waals surface area contributed by atoms with Crippen LogP contribution in [0.15, 0.2) is 12.4 Å². The topological polar surface area (TPSA) is 72.9 Å². The lowest BCUT2D eigenvalue weighted by atomic mass is 10.2. The Labute approximate surface area is 117 Å². The summed E-state index contributed by atoms with van der Waals surface area (Å²) in [5.74, 6) is 0.618. The number of carbonyl (C=O) groups excluding carboxylic acids is 1. The zero-order valence-corrected chi connectivity index (χ0v) is 11.6. The summed E-state index contributed by atoms with van der Waals surface area (Å²) in [6, 6.07) is 0.109. The summed E-state index contributed by atoms with van der Waals surface area (Å²) >= 11 is 5.72. The van der Waals surface area contributed by atoms with Crippen molar-refractivity contribution in [2.75, 3.05) is 6.54 Å². The predicted molar refractivity (Wildman–Crippen MR) is 72.8 cm³/mol. The molecule has 0 spiro atoms. The highest BCUT2D eigenvalue weighted by atomic mass is 35.5. The Balaban J connectivity index is 0.00000162. The number of amides is 1. The van der Waals surface area contributed by atoms with Crippen LogP contribution in [0.1, 0.15) is 19.3 Å². The van der Waals surface area contributed by atoms with Crippen molar-refractivity contribution in [1.82, 2.24) is 15.1 Å². The number of aryl methyl sites for hydroxylation is 1. The number of nitrogens with two attached hydrogens (primary N) is 1. The standard InChI is InChI=1S/C11H17ClN4O.ClH/c12-9-5-15-16(7-9)4-3-11(17)14-6-10(13)8-1-2-8;/h5,7-8,10H,1-4,6,13H2,(H,14,17);1H. The molecule has 1 aromatic rings. The summed E-state index contributed by atoms with van der Waals surface area (Å²) in [6.07, 6.45) is 6.05. The molecule has 0 bridgehead atoms. The molecule has 1 unspecified atom stereocenters. The van der Waals surface area contributed by atoms with Crippen LogP contribution in [0, 0.1) is 5.92 Å². The maximum atomic E-state index is 11.5. The second-order valence-corrected chi connectivity index (χ2v) is 4.91. The van der Waals surface area contributed by atoms with Crippen molar-refractivity contribution in [2.45, 2.75) is 31.8 Å². The van der Waals surface area contributed by atoms with E-state index in [-0.39, 0.29) is 24.4 Å². The maximum absolute atomic E-state index is 11.5. The average molecular weight is 293 g/mol. The van der Waals surface area contributed by atoms with Gasteiger partial charge in [0.2, 0.25) is 5.91 Å². The number of rotatable bonds is 6. The van der Waals surface area contributed by atoms with Crippen LogP contribution in [0.2, 0.25) is 5.02 Å². The van der Waals surface area contributed by atoms with E-state index >= 15 is 0 Å². The molecule has 1 saturated carbocycles. The van der Waals surface area contributed by atoms with Gasteiger partial charge in [-0.1, -0.05) is 11.6 Å². The molecule has 0 radical (unpaired) electrons. The molecule has 18 heavy (non-hydrogen) atoms. The summed E-state index contributed by atoms with van der Waals surface area (Å²) in [5.41, 5.74) is 5.89. The number of halogens is 2. The zero-order chi connectivity index (χ0) is 12.3. The summed E-state index contributed by atoms with van der Waals surface area (Å²) in [5, 5.41) is 7.43. The largest absolute Gasteiger partial charge is 0.354 e. The van der Waals surface area contributed by atoms with Crippen LogP contribution in [-0.4, -0.2) is 28.3 Å². The highest BCUT2D eigenvalue weighted by Crippen LogP contribution is 2.31. The van der Waals surface area contributed by atoms with Gasteiger partial charge in [-0.05, 0) is 18.8 Å². The minimum absolute atomic E-state index is 0. The van der Waals surface area contributed by atoms with Crippen LogP contribution in [0.5, 0.6) is 0 Å². The van der Waals surface area contributed by atoms with Gasteiger partial charge in [-0.15, -0.1) is 12.4 Å². The second kappa shape index (κ2) is 6.97. The third-order valence-corrected chi connectivity index (χ3v) is 3.13. The summed E-state index contributed by atoms with van der Waals surface area (Å²) in [4.78, 5) is 11.5. The van der Waals surface area contributed by atoms with Gasteiger partial charge in [-0.2, -0.15) is 5.10 Å². The molecule has 3 N–H and O–H groups in total. The maximum Gasteiger partial charge on any atom is 0.221 e. The molecule has 1 aromatic heterocycles. The molecule has 1 amide bonds. The van der Waals surface area contributed by atoms with Crippen LogP contribution in [0.4, 0.5) is 0 Å². The van der Waals surface area contributed by atoms with Crippen molar-refractivity contribution in [3.05, 3.63) is 17.4 Å². The fraction of sp³-hybridized carbons (Fsp3) is 0.636. The molecule has 0 aromatic carbocycles. The van der Waals surface area contributed by atoms with Crippen LogP contribution in [-0.2, 0) is 11.3 Å². The fourth-order valence-electron chi connectivity index (χ4n) is 1.69. The second-order valence-electron chi connectivity index (χ2n) is 4.48. The summed E-state index contributed by atoms with van der Waals surface area (Å²) in [6.45, 7) is 1.11. The third kappa shape index (κ3) is 4.84. The molecule has 1 atom stereocenters. The molecule has 0 saturated heterocycles. The van der Waals surface area contributed by atoms with Gasteiger partial charge in [0.15, 0.2) is 0 Å². The molecule has 1 heterocycles. The first-order valence-corrected chi connectivity index (χ1v) is 6.23. The van der Waals surface area contributed by atoms with E-state index < -0.39 is 0 Å². The van der Waals surface area contributed by atoms with Gasteiger partial charge in [0.1, 0.15) is 0 Å². The Morgan fingerprint density at radius 3 is 2.94 bits per heavy atom. The van der Waals surface area contributed by atoms with E-state index in [0.29, 0.717) is 30.5 Å². The Bertz CT molecular complexity index is 392. The van der Waals surface area contributed by atoms with E-state index in [1.54, 1.807) is 17.1 Å². The minimum atomic E-state index is 0. The number of hydrogen-bond acceptors (Lipinski definition) is 3. The van der Waals surface area contributed by atoms with Gasteiger partial charge >= 0.3 is 0 Å². The van der Waals surface area contributed by atoms with Crippen LogP contribution >= 0.6 is 24.0 Å². The molecule has 1 fully saturated rings. The molecular formula is C11H18Cl2N4O. The van der Waals surface area contributed by atoms with Crippen LogP contribution < -0.4 is 11.1 Å². The third-order valence-electron chi connectivity index (χ3n) is 2.93. The van der Waals surface area contributed by atoms with Crippen molar-refractivity contribution in [1.29, 1.82) is 0 Å². The van der Waals surface area contributed by atoms with E-state index in [9.17, 15) is 4.79 Å². The smallest absolute Gasteiger partial charge is 0.221 e. The molecule has 7 heteroatoms. The monoisotopic (exact) mass is 292 g/mol. The normalized spacial score (nSPS) is 15.9. The van der Waals surface area contributed by atoms with Crippen molar-refractivity contribution in [3.63, 3.8) is 0 Å². The van der Waals surface area contributed by atoms with Crippen LogP contribution in [0.3, 0.4) is 0 Å². The first-order chi connectivity index (χ1) is 8.15. The molecule has 1 aliphatic rings. The number of hydrogen-bond donors (Lipinski definition) is 2. The molecule has 5 nitrogen and oxygen atoms in total. The number of nitrogens with one attached hydrogen (secondary N) is 1. The molecule has 2 rings (SSSR count). The van der Waals surface area contributed by atoms with Gasteiger partial charge in [0, 0.05) is 31.7 Å². The molecular weight excluding hydrogens is 275 g/mol. The van der Waals surface area contributed by atoms with E-state index in [4.69, 9.17) is 17.3 Å². The SMILES string of the molecule is Cl.NC(CNC(=O)CCn1cc(Cl)cn1)C1CC1. The van der Waals surface area contributed by atoms with E-state index in [1.165, 1.54) is 12.8 Å². The van der Waals surface area contributed by atoms with Crippen molar-refractivity contribution in [3.8, 4) is 0 Å². The van der Waals surface area contributed by atoms with Gasteiger partial charge in [-0.25, -0.2) is 0 Å². The zero-order valence-electron chi connectivity index (χ0n) is 10.0. The average Bonchev–Trinajstić information content (AvgIpc) is 3.07. The Hall–Kier alpha value is -0.780. The molecule has 102 valence electrons. The van der Waals surface area contributed by atoms with Crippen molar-refractivity contribution < 1.29 is 4.79 Å². The van der Waals surface area contributed by atoms with Crippen LogP contribution in [0.25, 0.3) is 0 Å². The quantitative estimate of drug-likeness (QED) is 0.828. The Kier molecular flexibility index (Phi) is 5.91.